The van der Waals surface area contributed by atoms with Crippen molar-refractivity contribution < 1.29 is 23.5 Å². The van der Waals surface area contributed by atoms with Crippen molar-refractivity contribution in [3.05, 3.63) is 70.8 Å². The molecule has 0 N–H and O–H groups in total. The second-order valence-corrected chi connectivity index (χ2v) is 8.02. The maximum atomic E-state index is 14.2. The van der Waals surface area contributed by atoms with Gasteiger partial charge in [-0.1, -0.05) is 35.4 Å². The number of carbonyl (C=O) groups is 2. The summed E-state index contributed by atoms with van der Waals surface area (Å²) in [6.45, 7) is 3.93. The third-order valence-electron chi connectivity index (χ3n) is 4.31. The number of ether oxygens (including phenoxy) is 2. The number of aryl methyl sites for hydroxylation is 2. The Morgan fingerprint density at radius 3 is 2.04 bits per heavy atom. The second kappa shape index (κ2) is 8.57. The first-order valence-electron chi connectivity index (χ1n) is 8.73. The van der Waals surface area contributed by atoms with Crippen molar-refractivity contribution in [1.82, 2.24) is 0 Å². The lowest BCUT2D eigenvalue weighted by molar-refractivity contribution is 0.0330. The predicted molar refractivity (Wildman–Crippen MR) is 103 cm³/mol. The molecule has 142 valence electrons. The molecule has 0 saturated carbocycles. The molecule has 0 aromatic heterocycles. The number of rotatable bonds is 5. The van der Waals surface area contributed by atoms with Crippen molar-refractivity contribution in [2.75, 3.05) is 6.61 Å². The Morgan fingerprint density at radius 1 is 0.963 bits per heavy atom. The smallest absolute Gasteiger partial charge is 0.339 e. The standard InChI is InChI=1S/C21H21FO4S/c1-13-3-7-15(8-4-13)19(23)25-12-17-11-18(22)21(27-17)26-20(24)16-9-5-14(2)6-10-16/h3-10,17-18,21H,11-12H2,1-2H3/t17-,18+,21?/m1/s1. The van der Waals surface area contributed by atoms with Gasteiger partial charge in [-0.15, -0.1) is 11.8 Å². The Labute approximate surface area is 162 Å². The zero-order valence-electron chi connectivity index (χ0n) is 15.2. The molecule has 1 saturated heterocycles. The second-order valence-electron chi connectivity index (χ2n) is 6.61. The molecule has 0 amide bonds. The molecule has 0 aliphatic carbocycles. The molecule has 2 aromatic carbocycles. The molecule has 1 heterocycles. The number of hydrogen-bond donors (Lipinski definition) is 0. The first-order valence-corrected chi connectivity index (χ1v) is 9.67. The van der Waals surface area contributed by atoms with Gasteiger partial charge in [0.05, 0.1) is 11.1 Å². The number of carbonyl (C=O) groups excluding carboxylic acids is 2. The van der Waals surface area contributed by atoms with Crippen LogP contribution in [0.2, 0.25) is 0 Å². The highest BCUT2D eigenvalue weighted by atomic mass is 32.2. The van der Waals surface area contributed by atoms with Crippen LogP contribution in [0, 0.1) is 13.8 Å². The van der Waals surface area contributed by atoms with E-state index >= 15 is 0 Å². The van der Waals surface area contributed by atoms with Gasteiger partial charge in [0.1, 0.15) is 12.8 Å². The molecule has 27 heavy (non-hydrogen) atoms. The molecule has 0 spiro atoms. The summed E-state index contributed by atoms with van der Waals surface area (Å²) in [7, 11) is 0. The van der Waals surface area contributed by atoms with E-state index in [1.807, 2.05) is 26.0 Å². The van der Waals surface area contributed by atoms with E-state index in [-0.39, 0.29) is 18.3 Å². The van der Waals surface area contributed by atoms with Crippen LogP contribution in [0.4, 0.5) is 4.39 Å². The fourth-order valence-corrected chi connectivity index (χ4v) is 3.95. The Morgan fingerprint density at radius 2 is 1.48 bits per heavy atom. The molecular formula is C21H21FO4S. The van der Waals surface area contributed by atoms with Gasteiger partial charge in [0.25, 0.3) is 0 Å². The van der Waals surface area contributed by atoms with Crippen LogP contribution in [-0.2, 0) is 9.47 Å². The molecule has 0 radical (unpaired) electrons. The summed E-state index contributed by atoms with van der Waals surface area (Å²) < 4.78 is 24.8. The number of hydrogen-bond acceptors (Lipinski definition) is 5. The summed E-state index contributed by atoms with van der Waals surface area (Å²) in [6.07, 6.45) is -1.11. The maximum absolute atomic E-state index is 14.2. The van der Waals surface area contributed by atoms with Gasteiger partial charge in [-0.2, -0.15) is 0 Å². The third kappa shape index (κ3) is 5.10. The highest BCUT2D eigenvalue weighted by molar-refractivity contribution is 8.00. The fraction of sp³-hybridized carbons (Fsp3) is 0.333. The van der Waals surface area contributed by atoms with Gasteiger partial charge in [0, 0.05) is 5.25 Å². The van der Waals surface area contributed by atoms with E-state index in [1.165, 1.54) is 11.8 Å². The lowest BCUT2D eigenvalue weighted by Crippen LogP contribution is -2.20. The summed E-state index contributed by atoms with van der Waals surface area (Å²) in [5, 5.41) is -0.245. The van der Waals surface area contributed by atoms with Crippen molar-refractivity contribution >= 4 is 23.7 Å². The Kier molecular flexibility index (Phi) is 6.16. The molecule has 4 nitrogen and oxygen atoms in total. The molecule has 1 fully saturated rings. The van der Waals surface area contributed by atoms with Crippen LogP contribution in [0.25, 0.3) is 0 Å². The topological polar surface area (TPSA) is 52.6 Å². The van der Waals surface area contributed by atoms with Gasteiger partial charge < -0.3 is 9.47 Å². The Bertz CT molecular complexity index is 804. The van der Waals surface area contributed by atoms with E-state index in [9.17, 15) is 14.0 Å². The van der Waals surface area contributed by atoms with E-state index in [4.69, 9.17) is 9.47 Å². The number of esters is 2. The first-order chi connectivity index (χ1) is 12.9. The van der Waals surface area contributed by atoms with Crippen LogP contribution in [0.15, 0.2) is 48.5 Å². The molecule has 3 rings (SSSR count). The Hall–Kier alpha value is -2.34. The van der Waals surface area contributed by atoms with Crippen LogP contribution in [0.5, 0.6) is 0 Å². The minimum absolute atomic E-state index is 0.0797. The van der Waals surface area contributed by atoms with E-state index in [0.717, 1.165) is 11.1 Å². The Balaban J connectivity index is 1.50. The van der Waals surface area contributed by atoms with Crippen LogP contribution < -0.4 is 0 Å². The summed E-state index contributed by atoms with van der Waals surface area (Å²) in [5.74, 6) is -0.987. The van der Waals surface area contributed by atoms with E-state index in [2.05, 4.69) is 0 Å². The van der Waals surface area contributed by atoms with Crippen LogP contribution >= 0.6 is 11.8 Å². The van der Waals surface area contributed by atoms with Gasteiger partial charge >= 0.3 is 11.9 Å². The molecule has 1 aliphatic heterocycles. The van der Waals surface area contributed by atoms with Gasteiger partial charge in [-0.05, 0) is 44.5 Å². The van der Waals surface area contributed by atoms with E-state index in [0.29, 0.717) is 11.1 Å². The predicted octanol–water partition coefficient (Wildman–Crippen LogP) is 4.49. The summed E-state index contributed by atoms with van der Waals surface area (Å²) in [5.41, 5.74) is 2.05. The normalized spacial score (nSPS) is 21.7. The first kappa shape index (κ1) is 19.4. The van der Waals surface area contributed by atoms with E-state index in [1.54, 1.807) is 36.4 Å². The van der Waals surface area contributed by atoms with Crippen LogP contribution in [-0.4, -0.2) is 35.4 Å². The molecule has 6 heteroatoms. The summed E-state index contributed by atoms with van der Waals surface area (Å²) in [4.78, 5) is 24.2. The molecule has 0 bridgehead atoms. The fourth-order valence-electron chi connectivity index (χ4n) is 2.71. The minimum Gasteiger partial charge on any atom is -0.461 e. The molecule has 3 atom stereocenters. The van der Waals surface area contributed by atoms with Gasteiger partial charge in [-0.25, -0.2) is 14.0 Å². The number of thioether (sulfide) groups is 1. The number of alkyl halides is 1. The van der Waals surface area contributed by atoms with Gasteiger partial charge in [0.2, 0.25) is 0 Å². The van der Waals surface area contributed by atoms with Crippen molar-refractivity contribution in [2.45, 2.75) is 37.1 Å². The van der Waals surface area contributed by atoms with E-state index < -0.39 is 23.5 Å². The lowest BCUT2D eigenvalue weighted by Gasteiger charge is -2.14. The molecular weight excluding hydrogens is 367 g/mol. The monoisotopic (exact) mass is 388 g/mol. The highest BCUT2D eigenvalue weighted by Crippen LogP contribution is 2.37. The summed E-state index contributed by atoms with van der Waals surface area (Å²) in [6, 6.07) is 14.0. The average Bonchev–Trinajstić information content (AvgIpc) is 3.00. The molecule has 1 unspecified atom stereocenters. The molecule has 1 aliphatic rings. The largest absolute Gasteiger partial charge is 0.461 e. The van der Waals surface area contributed by atoms with Crippen molar-refractivity contribution in [1.29, 1.82) is 0 Å². The van der Waals surface area contributed by atoms with Gasteiger partial charge in [-0.3, -0.25) is 0 Å². The van der Waals surface area contributed by atoms with Gasteiger partial charge in [0.15, 0.2) is 5.44 Å². The SMILES string of the molecule is Cc1ccc(C(=O)OC[C@H]2C[C@H](F)C(OC(=O)c3ccc(C)cc3)S2)cc1. The maximum Gasteiger partial charge on any atom is 0.339 e. The minimum atomic E-state index is -1.28. The van der Waals surface area contributed by atoms with Crippen molar-refractivity contribution in [2.24, 2.45) is 0 Å². The average molecular weight is 388 g/mol. The highest BCUT2D eigenvalue weighted by Gasteiger charge is 2.38. The van der Waals surface area contributed by atoms with Crippen LogP contribution in [0.3, 0.4) is 0 Å². The number of benzene rings is 2. The van der Waals surface area contributed by atoms with Crippen molar-refractivity contribution in [3.63, 3.8) is 0 Å². The molecule has 2 aromatic rings. The third-order valence-corrected chi connectivity index (χ3v) is 5.68. The lowest BCUT2D eigenvalue weighted by atomic mass is 10.1. The zero-order chi connectivity index (χ0) is 19.4. The summed E-state index contributed by atoms with van der Waals surface area (Å²) >= 11 is 1.19. The van der Waals surface area contributed by atoms with Crippen molar-refractivity contribution in [3.8, 4) is 0 Å². The van der Waals surface area contributed by atoms with Crippen LogP contribution in [0.1, 0.15) is 38.3 Å². The quantitative estimate of drug-likeness (QED) is 0.707. The number of halogens is 1. The zero-order valence-corrected chi connectivity index (χ0v) is 16.0.